The summed E-state index contributed by atoms with van der Waals surface area (Å²) in [5.41, 5.74) is 6.15. The first-order chi connectivity index (χ1) is 10.0. The van der Waals surface area contributed by atoms with Crippen molar-refractivity contribution in [2.75, 3.05) is 18.8 Å². The Bertz CT molecular complexity index is 385. The summed E-state index contributed by atoms with van der Waals surface area (Å²) in [5.74, 6) is 1.51. The summed E-state index contributed by atoms with van der Waals surface area (Å²) in [6.07, 6.45) is 11.0. The molecule has 2 atom stereocenters. The van der Waals surface area contributed by atoms with E-state index >= 15 is 0 Å². The predicted molar refractivity (Wildman–Crippen MR) is 89.4 cm³/mol. The van der Waals surface area contributed by atoms with Crippen LogP contribution >= 0.6 is 11.8 Å². The number of rotatable bonds is 1. The van der Waals surface area contributed by atoms with Crippen molar-refractivity contribution >= 4 is 17.7 Å². The maximum Gasteiger partial charge on any atom is 0.227 e. The Kier molecular flexibility index (Phi) is 4.56. The van der Waals surface area contributed by atoms with Gasteiger partial charge >= 0.3 is 0 Å². The molecule has 1 heterocycles. The summed E-state index contributed by atoms with van der Waals surface area (Å²) in [4.78, 5) is 15.2. The van der Waals surface area contributed by atoms with Gasteiger partial charge in [0.15, 0.2) is 0 Å². The van der Waals surface area contributed by atoms with E-state index in [4.69, 9.17) is 5.73 Å². The number of hydrogen-bond donors (Lipinski definition) is 1. The Labute approximate surface area is 133 Å². The molecule has 2 unspecified atom stereocenters. The van der Waals surface area contributed by atoms with Gasteiger partial charge in [0, 0.05) is 29.1 Å². The van der Waals surface area contributed by atoms with E-state index in [-0.39, 0.29) is 11.5 Å². The molecule has 2 aliphatic carbocycles. The average molecular weight is 311 g/mol. The molecule has 3 fully saturated rings. The molecule has 1 spiro atoms. The summed E-state index contributed by atoms with van der Waals surface area (Å²) in [5, 5.41) is 0. The fourth-order valence-electron chi connectivity index (χ4n) is 4.52. The van der Waals surface area contributed by atoms with E-state index in [0.29, 0.717) is 10.7 Å². The summed E-state index contributed by atoms with van der Waals surface area (Å²) in [7, 11) is 0. The Hall–Kier alpha value is -0.220. The smallest absolute Gasteiger partial charge is 0.227 e. The first kappa shape index (κ1) is 15.7. The van der Waals surface area contributed by atoms with Gasteiger partial charge in [-0.2, -0.15) is 11.8 Å². The van der Waals surface area contributed by atoms with Crippen LogP contribution in [0, 0.1) is 5.92 Å². The zero-order valence-corrected chi connectivity index (χ0v) is 14.2. The van der Waals surface area contributed by atoms with Crippen LogP contribution in [0.5, 0.6) is 0 Å². The summed E-state index contributed by atoms with van der Waals surface area (Å²) < 4.78 is 0.367. The average Bonchev–Trinajstić information content (AvgIpc) is 2.47. The van der Waals surface area contributed by atoms with Crippen molar-refractivity contribution in [2.45, 2.75) is 75.0 Å². The molecule has 0 aromatic heterocycles. The van der Waals surface area contributed by atoms with E-state index in [1.54, 1.807) is 0 Å². The third-order valence-electron chi connectivity index (χ3n) is 5.88. The van der Waals surface area contributed by atoms with Crippen molar-refractivity contribution in [2.24, 2.45) is 11.7 Å². The standard InChI is InChI=1S/C17H30N2OS/c1-16(18)8-6-3-7-14(16)15(20)19-11-12-21-17(13-19)9-4-2-5-10-17/h14H,2-13,18H2,1H3. The van der Waals surface area contributed by atoms with E-state index in [9.17, 15) is 4.79 Å². The van der Waals surface area contributed by atoms with Crippen LogP contribution in [-0.4, -0.2) is 39.9 Å². The Morgan fingerprint density at radius 1 is 1.14 bits per heavy atom. The normalized spacial score (nSPS) is 36.7. The lowest BCUT2D eigenvalue weighted by atomic mass is 9.73. The van der Waals surface area contributed by atoms with Crippen LogP contribution in [0.25, 0.3) is 0 Å². The van der Waals surface area contributed by atoms with Gasteiger partial charge in [-0.1, -0.05) is 32.1 Å². The lowest BCUT2D eigenvalue weighted by Gasteiger charge is -2.47. The third-order valence-corrected chi connectivity index (χ3v) is 7.41. The zero-order chi connectivity index (χ0) is 14.9. The minimum absolute atomic E-state index is 0.0509. The maximum atomic E-state index is 13.0. The van der Waals surface area contributed by atoms with Crippen molar-refractivity contribution in [3.63, 3.8) is 0 Å². The number of nitrogens with two attached hydrogens (primary N) is 1. The van der Waals surface area contributed by atoms with Gasteiger partial charge in [-0.25, -0.2) is 0 Å². The minimum Gasteiger partial charge on any atom is -0.340 e. The first-order valence-electron chi connectivity index (χ1n) is 8.74. The van der Waals surface area contributed by atoms with Crippen LogP contribution in [0.1, 0.15) is 64.7 Å². The highest BCUT2D eigenvalue weighted by Crippen LogP contribution is 2.43. The SMILES string of the molecule is CC1(N)CCCCC1C(=O)N1CCSC2(CCCCC2)C1. The van der Waals surface area contributed by atoms with E-state index in [2.05, 4.69) is 23.6 Å². The Morgan fingerprint density at radius 2 is 1.86 bits per heavy atom. The molecule has 3 nitrogen and oxygen atoms in total. The fourth-order valence-corrected chi connectivity index (χ4v) is 6.08. The van der Waals surface area contributed by atoms with Crippen LogP contribution in [-0.2, 0) is 4.79 Å². The number of thioether (sulfide) groups is 1. The molecular formula is C17H30N2OS. The number of amides is 1. The molecule has 3 rings (SSSR count). The molecular weight excluding hydrogens is 280 g/mol. The summed E-state index contributed by atoms with van der Waals surface area (Å²) in [6, 6.07) is 0. The molecule has 21 heavy (non-hydrogen) atoms. The van der Waals surface area contributed by atoms with Gasteiger partial charge < -0.3 is 10.6 Å². The number of carbonyl (C=O) groups is 1. The molecule has 1 amide bonds. The Morgan fingerprint density at radius 3 is 2.57 bits per heavy atom. The number of carbonyl (C=O) groups excluding carboxylic acids is 1. The largest absolute Gasteiger partial charge is 0.340 e. The maximum absolute atomic E-state index is 13.0. The summed E-state index contributed by atoms with van der Waals surface area (Å²) >= 11 is 2.13. The van der Waals surface area contributed by atoms with E-state index in [0.717, 1.165) is 38.1 Å². The van der Waals surface area contributed by atoms with E-state index in [1.807, 2.05) is 0 Å². The molecule has 1 aliphatic heterocycles. The summed E-state index contributed by atoms with van der Waals surface area (Å²) in [6.45, 7) is 3.99. The topological polar surface area (TPSA) is 46.3 Å². The highest BCUT2D eigenvalue weighted by Gasteiger charge is 2.44. The molecule has 0 aromatic rings. The highest BCUT2D eigenvalue weighted by atomic mass is 32.2. The molecule has 3 aliphatic rings. The molecule has 0 bridgehead atoms. The molecule has 120 valence electrons. The van der Waals surface area contributed by atoms with Gasteiger partial charge in [0.1, 0.15) is 0 Å². The molecule has 2 N–H and O–H groups in total. The van der Waals surface area contributed by atoms with Crippen molar-refractivity contribution in [1.29, 1.82) is 0 Å². The lowest BCUT2D eigenvalue weighted by Crippen LogP contribution is -2.57. The monoisotopic (exact) mass is 310 g/mol. The van der Waals surface area contributed by atoms with Gasteiger partial charge in [0.25, 0.3) is 0 Å². The van der Waals surface area contributed by atoms with Crippen LogP contribution in [0.15, 0.2) is 0 Å². The van der Waals surface area contributed by atoms with Crippen LogP contribution < -0.4 is 5.73 Å². The first-order valence-corrected chi connectivity index (χ1v) is 9.73. The third kappa shape index (κ3) is 3.26. The molecule has 2 saturated carbocycles. The predicted octanol–water partition coefficient (Wildman–Crippen LogP) is 3.17. The quantitative estimate of drug-likeness (QED) is 0.809. The Balaban J connectivity index is 1.69. The van der Waals surface area contributed by atoms with Crippen molar-refractivity contribution in [3.8, 4) is 0 Å². The zero-order valence-electron chi connectivity index (χ0n) is 13.4. The lowest BCUT2D eigenvalue weighted by molar-refractivity contribution is -0.139. The van der Waals surface area contributed by atoms with Crippen molar-refractivity contribution in [1.82, 2.24) is 4.90 Å². The van der Waals surface area contributed by atoms with E-state index in [1.165, 1.54) is 38.5 Å². The van der Waals surface area contributed by atoms with Gasteiger partial charge in [-0.3, -0.25) is 4.79 Å². The molecule has 1 saturated heterocycles. The second-order valence-electron chi connectivity index (χ2n) is 7.66. The molecule has 4 heteroatoms. The molecule has 0 radical (unpaired) electrons. The second-order valence-corrected chi connectivity index (χ2v) is 9.22. The number of nitrogens with zero attached hydrogens (tertiary/aromatic N) is 1. The van der Waals surface area contributed by atoms with Crippen molar-refractivity contribution in [3.05, 3.63) is 0 Å². The van der Waals surface area contributed by atoms with Gasteiger partial charge in [-0.05, 0) is 32.6 Å². The van der Waals surface area contributed by atoms with Gasteiger partial charge in [0.05, 0.1) is 5.92 Å². The van der Waals surface area contributed by atoms with Crippen LogP contribution in [0.2, 0.25) is 0 Å². The van der Waals surface area contributed by atoms with Gasteiger partial charge in [0.2, 0.25) is 5.91 Å². The minimum atomic E-state index is -0.292. The van der Waals surface area contributed by atoms with Crippen LogP contribution in [0.3, 0.4) is 0 Å². The number of hydrogen-bond acceptors (Lipinski definition) is 3. The van der Waals surface area contributed by atoms with Gasteiger partial charge in [-0.15, -0.1) is 0 Å². The second kappa shape index (κ2) is 6.11. The molecule has 0 aromatic carbocycles. The van der Waals surface area contributed by atoms with Crippen LogP contribution in [0.4, 0.5) is 0 Å². The highest BCUT2D eigenvalue weighted by molar-refractivity contribution is 8.00. The fraction of sp³-hybridized carbons (Fsp3) is 0.941. The van der Waals surface area contributed by atoms with Crippen molar-refractivity contribution < 1.29 is 4.79 Å². The van der Waals surface area contributed by atoms with E-state index < -0.39 is 0 Å².